The molecule has 6 rings (SSSR count). The normalized spacial score (nSPS) is 13.7. The van der Waals surface area contributed by atoms with Crippen LogP contribution in [0.2, 0.25) is 5.02 Å². The zero-order chi connectivity index (χ0) is 31.2. The zero-order valence-electron chi connectivity index (χ0n) is 24.5. The van der Waals surface area contributed by atoms with Crippen molar-refractivity contribution >= 4 is 41.9 Å². The molecule has 0 bridgehead atoms. The number of fused-ring (bicyclic) bond motifs is 1. The number of hydrogen-bond acceptors (Lipinski definition) is 7. The van der Waals surface area contributed by atoms with Crippen molar-refractivity contribution in [3.63, 3.8) is 0 Å². The van der Waals surface area contributed by atoms with Crippen LogP contribution in [0.4, 0.5) is 0 Å². The number of nitrogens with one attached hydrogen (secondary N) is 1. The third-order valence-corrected chi connectivity index (χ3v) is 7.92. The number of halogens is 2. The Balaban J connectivity index is 0.00000417. The van der Waals surface area contributed by atoms with Crippen LogP contribution >= 0.6 is 24.0 Å². The number of ether oxygens (including phenoxy) is 3. The highest BCUT2D eigenvalue weighted by Gasteiger charge is 2.29. The van der Waals surface area contributed by atoms with Gasteiger partial charge in [-0.25, -0.2) is 14.4 Å². The second kappa shape index (κ2) is 14.9. The number of hydrogen-bond donors (Lipinski definition) is 1. The minimum absolute atomic E-state index is 0. The molecule has 0 saturated heterocycles. The summed E-state index contributed by atoms with van der Waals surface area (Å²) in [6.07, 6.45) is 0.556. The van der Waals surface area contributed by atoms with Crippen LogP contribution in [-0.4, -0.2) is 31.0 Å². The van der Waals surface area contributed by atoms with Gasteiger partial charge in [0.25, 0.3) is 0 Å². The maximum Gasteiger partial charge on any atom is 0.343 e. The SMILES string of the molecule is Cl.O=C(Oc1ccc(C2CNCCc3c2cc(OC(=O)c2ccccc2)c(OC(=O)c2ccccc2)c3Cl)cc1)c1ccccc1. The number of carbonyl (C=O) groups is 3. The molecule has 5 aromatic rings. The van der Waals surface area contributed by atoms with Crippen molar-refractivity contribution in [1.29, 1.82) is 0 Å². The smallest absolute Gasteiger partial charge is 0.343 e. The molecule has 0 aromatic heterocycles. The molecule has 1 unspecified atom stereocenters. The molecule has 1 N–H and O–H groups in total. The summed E-state index contributed by atoms with van der Waals surface area (Å²) in [7, 11) is 0. The van der Waals surface area contributed by atoms with E-state index in [0.717, 1.165) is 16.7 Å². The number of benzene rings is 5. The summed E-state index contributed by atoms with van der Waals surface area (Å²) in [6, 6.07) is 34.9. The molecule has 0 radical (unpaired) electrons. The first-order valence-electron chi connectivity index (χ1n) is 14.5. The van der Waals surface area contributed by atoms with E-state index in [0.29, 0.717) is 42.0 Å². The second-order valence-corrected chi connectivity index (χ2v) is 10.8. The van der Waals surface area contributed by atoms with Crippen LogP contribution < -0.4 is 19.5 Å². The van der Waals surface area contributed by atoms with E-state index < -0.39 is 17.9 Å². The molecule has 232 valence electrons. The fourth-order valence-corrected chi connectivity index (χ4v) is 5.57. The largest absolute Gasteiger partial charge is 0.423 e. The van der Waals surface area contributed by atoms with Crippen LogP contribution in [0.5, 0.6) is 17.2 Å². The summed E-state index contributed by atoms with van der Waals surface area (Å²) in [5, 5.41) is 3.65. The Morgan fingerprint density at radius 1 is 0.652 bits per heavy atom. The maximum atomic E-state index is 13.2. The molecule has 1 atom stereocenters. The first kappa shape index (κ1) is 32.4. The van der Waals surface area contributed by atoms with Gasteiger partial charge in [-0.05, 0) is 84.3 Å². The van der Waals surface area contributed by atoms with Gasteiger partial charge < -0.3 is 19.5 Å². The van der Waals surface area contributed by atoms with Gasteiger partial charge in [0.05, 0.1) is 21.7 Å². The van der Waals surface area contributed by atoms with Gasteiger partial charge in [0.2, 0.25) is 0 Å². The van der Waals surface area contributed by atoms with Crippen molar-refractivity contribution in [1.82, 2.24) is 5.32 Å². The highest BCUT2D eigenvalue weighted by atomic mass is 35.5. The monoisotopic (exact) mass is 653 g/mol. The molecular formula is C37H29Cl2NO6. The van der Waals surface area contributed by atoms with Crippen LogP contribution in [-0.2, 0) is 6.42 Å². The lowest BCUT2D eigenvalue weighted by Gasteiger charge is -2.22. The molecule has 0 amide bonds. The quantitative estimate of drug-likeness (QED) is 0.142. The average molecular weight is 655 g/mol. The molecule has 7 nitrogen and oxygen atoms in total. The third-order valence-electron chi connectivity index (χ3n) is 7.52. The lowest BCUT2D eigenvalue weighted by molar-refractivity contribution is 0.0682. The second-order valence-electron chi connectivity index (χ2n) is 10.4. The highest BCUT2D eigenvalue weighted by molar-refractivity contribution is 6.33. The molecule has 1 aliphatic rings. The average Bonchev–Trinajstić information content (AvgIpc) is 3.30. The Bertz CT molecular complexity index is 1830. The summed E-state index contributed by atoms with van der Waals surface area (Å²) < 4.78 is 17.3. The Morgan fingerprint density at radius 3 is 1.70 bits per heavy atom. The fraction of sp³-hybridized carbons (Fsp3) is 0.108. The molecular weight excluding hydrogens is 625 g/mol. The van der Waals surface area contributed by atoms with E-state index in [1.807, 2.05) is 18.2 Å². The van der Waals surface area contributed by atoms with Crippen LogP contribution in [0, 0.1) is 0 Å². The Labute approximate surface area is 277 Å². The van der Waals surface area contributed by atoms with Crippen molar-refractivity contribution in [2.45, 2.75) is 12.3 Å². The van der Waals surface area contributed by atoms with E-state index in [4.69, 9.17) is 25.8 Å². The number of rotatable bonds is 7. The minimum Gasteiger partial charge on any atom is -0.423 e. The van der Waals surface area contributed by atoms with E-state index in [1.165, 1.54) is 0 Å². The van der Waals surface area contributed by atoms with Gasteiger partial charge in [-0.3, -0.25) is 0 Å². The lowest BCUT2D eigenvalue weighted by Crippen LogP contribution is -2.21. The van der Waals surface area contributed by atoms with Crippen LogP contribution in [0.1, 0.15) is 53.7 Å². The van der Waals surface area contributed by atoms with Crippen molar-refractivity contribution < 1.29 is 28.6 Å². The molecule has 1 heterocycles. The van der Waals surface area contributed by atoms with Crippen LogP contribution in [0.25, 0.3) is 0 Å². The van der Waals surface area contributed by atoms with E-state index in [9.17, 15) is 14.4 Å². The van der Waals surface area contributed by atoms with Gasteiger partial charge in [-0.2, -0.15) is 0 Å². The lowest BCUT2D eigenvalue weighted by atomic mass is 9.87. The summed E-state index contributed by atoms with van der Waals surface area (Å²) in [5.74, 6) is -1.46. The molecule has 0 saturated carbocycles. The van der Waals surface area contributed by atoms with E-state index in [1.54, 1.807) is 103 Å². The molecule has 0 spiro atoms. The Hall–Kier alpha value is -4.95. The standard InChI is InChI=1S/C37H28ClNO6.ClH/c38-33-29-20-21-39-23-31(24-16-18-28(19-17-24)43-35(40)25-10-4-1-5-11-25)30(29)22-32(44-36(41)26-12-6-2-7-13-26)34(33)45-37(42)27-14-8-3-9-15-27;/h1-19,22,31,39H,20-21,23H2;1H. The molecule has 5 aromatic carbocycles. The topological polar surface area (TPSA) is 90.9 Å². The van der Waals surface area contributed by atoms with Gasteiger partial charge in [0.15, 0.2) is 11.5 Å². The van der Waals surface area contributed by atoms with Crippen molar-refractivity contribution in [3.05, 3.63) is 160 Å². The van der Waals surface area contributed by atoms with Gasteiger partial charge in [0, 0.05) is 12.5 Å². The Kier molecular flexibility index (Phi) is 10.5. The highest BCUT2D eigenvalue weighted by Crippen LogP contribution is 2.45. The number of carbonyl (C=O) groups excluding carboxylic acids is 3. The zero-order valence-corrected chi connectivity index (χ0v) is 26.1. The van der Waals surface area contributed by atoms with Crippen LogP contribution in [0.15, 0.2) is 121 Å². The molecule has 0 fully saturated rings. The van der Waals surface area contributed by atoms with Gasteiger partial charge in [-0.15, -0.1) is 12.4 Å². The Morgan fingerprint density at radius 2 is 1.15 bits per heavy atom. The van der Waals surface area contributed by atoms with E-state index in [2.05, 4.69) is 5.32 Å². The summed E-state index contributed by atoms with van der Waals surface area (Å²) >= 11 is 7.01. The summed E-state index contributed by atoms with van der Waals surface area (Å²) in [5.41, 5.74) is 3.66. The third kappa shape index (κ3) is 7.29. The predicted octanol–water partition coefficient (Wildman–Crippen LogP) is 7.70. The predicted molar refractivity (Wildman–Crippen MR) is 178 cm³/mol. The van der Waals surface area contributed by atoms with Crippen molar-refractivity contribution in [2.24, 2.45) is 0 Å². The first-order chi connectivity index (χ1) is 22.0. The molecule has 9 heteroatoms. The van der Waals surface area contributed by atoms with Gasteiger partial charge in [0.1, 0.15) is 5.75 Å². The summed E-state index contributed by atoms with van der Waals surface area (Å²) in [4.78, 5) is 38.9. The summed E-state index contributed by atoms with van der Waals surface area (Å²) in [6.45, 7) is 1.20. The van der Waals surface area contributed by atoms with Gasteiger partial charge >= 0.3 is 17.9 Å². The molecule has 0 aliphatic carbocycles. The van der Waals surface area contributed by atoms with Gasteiger partial charge in [-0.1, -0.05) is 78.3 Å². The van der Waals surface area contributed by atoms with Crippen molar-refractivity contribution in [2.75, 3.05) is 13.1 Å². The minimum atomic E-state index is -0.626. The maximum absolute atomic E-state index is 13.2. The van der Waals surface area contributed by atoms with E-state index >= 15 is 0 Å². The molecule has 46 heavy (non-hydrogen) atoms. The molecule has 1 aliphatic heterocycles. The van der Waals surface area contributed by atoms with Crippen LogP contribution in [0.3, 0.4) is 0 Å². The van der Waals surface area contributed by atoms with Crippen molar-refractivity contribution in [3.8, 4) is 17.2 Å². The first-order valence-corrected chi connectivity index (χ1v) is 14.8. The van der Waals surface area contributed by atoms with E-state index in [-0.39, 0.29) is 34.8 Å². The number of esters is 3. The fourth-order valence-electron chi connectivity index (χ4n) is 5.24.